The number of pyridine rings is 1. The van der Waals surface area contributed by atoms with E-state index in [-0.39, 0.29) is 11.9 Å². The molecule has 1 fully saturated rings. The van der Waals surface area contributed by atoms with Gasteiger partial charge >= 0.3 is 0 Å². The first-order valence-corrected chi connectivity index (χ1v) is 7.64. The topological polar surface area (TPSA) is 65.1 Å². The summed E-state index contributed by atoms with van der Waals surface area (Å²) in [6, 6.07) is 3.84. The lowest BCUT2D eigenvalue weighted by molar-refractivity contribution is 0.0479. The number of aryl methyl sites for hydroxylation is 1. The second kappa shape index (κ2) is 6.27. The smallest absolute Gasteiger partial charge is 0.255 e. The third-order valence-electron chi connectivity index (χ3n) is 4.18. The highest BCUT2D eigenvalue weighted by molar-refractivity contribution is 5.94. The first kappa shape index (κ1) is 14.7. The van der Waals surface area contributed by atoms with Gasteiger partial charge in [0.05, 0.1) is 11.6 Å². The maximum Gasteiger partial charge on any atom is 0.255 e. The van der Waals surface area contributed by atoms with Crippen molar-refractivity contribution in [3.63, 3.8) is 0 Å². The van der Waals surface area contributed by atoms with Crippen molar-refractivity contribution in [3.8, 4) is 0 Å². The Hall–Kier alpha value is -2.21. The summed E-state index contributed by atoms with van der Waals surface area (Å²) in [6.07, 6.45) is 5.24. The van der Waals surface area contributed by atoms with Gasteiger partial charge in [-0.15, -0.1) is 0 Å². The van der Waals surface area contributed by atoms with Crippen LogP contribution in [-0.2, 0) is 0 Å². The van der Waals surface area contributed by atoms with Crippen LogP contribution in [0.5, 0.6) is 0 Å². The average Bonchev–Trinajstić information content (AvgIpc) is 3.08. The standard InChI is InChI=1S/C16H21N5O/c1-3-20-8-9-21(11-14(20)15-17-6-7-18-15)16(22)13-5-4-12(2)19-10-13/h4-7,10,14H,3,8-9,11H2,1-2H3,(H,17,18)/t14-/m1/s1. The molecule has 116 valence electrons. The zero-order chi connectivity index (χ0) is 15.5. The minimum absolute atomic E-state index is 0.0415. The maximum absolute atomic E-state index is 12.7. The number of aromatic nitrogens is 3. The molecule has 6 nitrogen and oxygen atoms in total. The Balaban J connectivity index is 1.78. The first-order valence-electron chi connectivity index (χ1n) is 7.64. The molecule has 1 N–H and O–H groups in total. The van der Waals surface area contributed by atoms with Crippen molar-refractivity contribution in [2.75, 3.05) is 26.2 Å². The van der Waals surface area contributed by atoms with Gasteiger partial charge in [0.15, 0.2) is 0 Å². The summed E-state index contributed by atoms with van der Waals surface area (Å²) in [7, 11) is 0. The molecule has 22 heavy (non-hydrogen) atoms. The quantitative estimate of drug-likeness (QED) is 0.935. The van der Waals surface area contributed by atoms with Gasteiger partial charge in [-0.1, -0.05) is 6.92 Å². The summed E-state index contributed by atoms with van der Waals surface area (Å²) in [5, 5.41) is 0. The number of hydrogen-bond acceptors (Lipinski definition) is 4. The van der Waals surface area contributed by atoms with E-state index < -0.39 is 0 Å². The molecule has 3 heterocycles. The van der Waals surface area contributed by atoms with Crippen LogP contribution < -0.4 is 0 Å². The van der Waals surface area contributed by atoms with Crippen LogP contribution in [0, 0.1) is 6.92 Å². The molecule has 2 aromatic rings. The van der Waals surface area contributed by atoms with Crippen LogP contribution in [-0.4, -0.2) is 56.8 Å². The summed E-state index contributed by atoms with van der Waals surface area (Å²) in [5.41, 5.74) is 1.56. The van der Waals surface area contributed by atoms with E-state index in [1.54, 1.807) is 12.4 Å². The van der Waals surface area contributed by atoms with E-state index in [0.717, 1.165) is 31.2 Å². The minimum atomic E-state index is 0.0415. The molecule has 2 aromatic heterocycles. The number of carbonyl (C=O) groups is 1. The Morgan fingerprint density at radius 1 is 1.36 bits per heavy atom. The Morgan fingerprint density at radius 2 is 2.23 bits per heavy atom. The SMILES string of the molecule is CCN1CCN(C(=O)c2ccc(C)nc2)C[C@@H]1c1ncc[nH]1. The summed E-state index contributed by atoms with van der Waals surface area (Å²) in [5.74, 6) is 0.959. The first-order chi connectivity index (χ1) is 10.7. The maximum atomic E-state index is 12.7. The lowest BCUT2D eigenvalue weighted by Gasteiger charge is -2.40. The molecule has 0 radical (unpaired) electrons. The van der Waals surface area contributed by atoms with Gasteiger partial charge in [-0.25, -0.2) is 4.98 Å². The Morgan fingerprint density at radius 3 is 2.86 bits per heavy atom. The van der Waals surface area contributed by atoms with Crippen molar-refractivity contribution in [1.82, 2.24) is 24.8 Å². The Bertz CT molecular complexity index is 622. The number of hydrogen-bond donors (Lipinski definition) is 1. The van der Waals surface area contributed by atoms with Crippen LogP contribution in [0.3, 0.4) is 0 Å². The molecule has 1 amide bonds. The van der Waals surface area contributed by atoms with Crippen LogP contribution >= 0.6 is 0 Å². The van der Waals surface area contributed by atoms with Gasteiger partial charge in [-0.2, -0.15) is 0 Å². The van der Waals surface area contributed by atoms with Gasteiger partial charge in [0.2, 0.25) is 0 Å². The van der Waals surface area contributed by atoms with Crippen molar-refractivity contribution in [3.05, 3.63) is 47.8 Å². The zero-order valence-corrected chi connectivity index (χ0v) is 13.0. The van der Waals surface area contributed by atoms with E-state index in [0.29, 0.717) is 12.1 Å². The summed E-state index contributed by atoms with van der Waals surface area (Å²) < 4.78 is 0. The molecule has 1 aliphatic heterocycles. The lowest BCUT2D eigenvalue weighted by Crippen LogP contribution is -2.50. The molecule has 1 atom stereocenters. The van der Waals surface area contributed by atoms with Crippen LogP contribution in [0.4, 0.5) is 0 Å². The number of rotatable bonds is 3. The van der Waals surface area contributed by atoms with Crippen LogP contribution in [0.2, 0.25) is 0 Å². The molecule has 0 unspecified atom stereocenters. The number of carbonyl (C=O) groups excluding carboxylic acids is 1. The largest absolute Gasteiger partial charge is 0.347 e. The molecule has 3 rings (SSSR count). The minimum Gasteiger partial charge on any atom is -0.347 e. The predicted octanol–water partition coefficient (Wildman–Crippen LogP) is 1.63. The third kappa shape index (κ3) is 2.87. The summed E-state index contributed by atoms with van der Waals surface area (Å²) in [4.78, 5) is 28.7. The fourth-order valence-corrected chi connectivity index (χ4v) is 2.88. The molecule has 1 aliphatic rings. The normalized spacial score (nSPS) is 19.4. The fourth-order valence-electron chi connectivity index (χ4n) is 2.88. The molecule has 0 bridgehead atoms. The summed E-state index contributed by atoms with van der Waals surface area (Å²) in [6.45, 7) is 7.23. The Labute approximate surface area is 130 Å². The number of nitrogens with zero attached hydrogens (tertiary/aromatic N) is 4. The van der Waals surface area contributed by atoms with Crippen molar-refractivity contribution < 1.29 is 4.79 Å². The molecular weight excluding hydrogens is 278 g/mol. The number of amides is 1. The van der Waals surface area contributed by atoms with Crippen molar-refractivity contribution in [1.29, 1.82) is 0 Å². The van der Waals surface area contributed by atoms with Crippen molar-refractivity contribution >= 4 is 5.91 Å². The van der Waals surface area contributed by atoms with Crippen LogP contribution in [0.25, 0.3) is 0 Å². The average molecular weight is 299 g/mol. The van der Waals surface area contributed by atoms with E-state index in [2.05, 4.69) is 26.8 Å². The van der Waals surface area contributed by atoms with Gasteiger partial charge < -0.3 is 9.88 Å². The fraction of sp³-hybridized carbons (Fsp3) is 0.438. The number of likely N-dealkylation sites (N-methyl/N-ethyl adjacent to an activating group) is 1. The van der Waals surface area contributed by atoms with Gasteiger partial charge in [-0.3, -0.25) is 14.7 Å². The van der Waals surface area contributed by atoms with E-state index >= 15 is 0 Å². The highest BCUT2D eigenvalue weighted by Gasteiger charge is 2.31. The highest BCUT2D eigenvalue weighted by atomic mass is 16.2. The number of aromatic amines is 1. The van der Waals surface area contributed by atoms with Gasteiger partial charge in [0.1, 0.15) is 5.82 Å². The monoisotopic (exact) mass is 299 g/mol. The molecule has 0 aliphatic carbocycles. The van der Waals surface area contributed by atoms with Crippen LogP contribution in [0.1, 0.15) is 34.8 Å². The zero-order valence-electron chi connectivity index (χ0n) is 13.0. The number of H-pyrrole nitrogens is 1. The van der Waals surface area contributed by atoms with Gasteiger partial charge in [0, 0.05) is 43.9 Å². The molecular formula is C16H21N5O. The van der Waals surface area contributed by atoms with Gasteiger partial charge in [0.25, 0.3) is 5.91 Å². The number of piperazine rings is 1. The molecule has 6 heteroatoms. The second-order valence-corrected chi connectivity index (χ2v) is 5.56. The summed E-state index contributed by atoms with van der Waals surface area (Å²) >= 11 is 0. The van der Waals surface area contributed by atoms with Crippen LogP contribution in [0.15, 0.2) is 30.7 Å². The third-order valence-corrected chi connectivity index (χ3v) is 4.18. The van der Waals surface area contributed by atoms with Crippen molar-refractivity contribution in [2.45, 2.75) is 19.9 Å². The molecule has 0 spiro atoms. The van der Waals surface area contributed by atoms with Crippen molar-refractivity contribution in [2.24, 2.45) is 0 Å². The highest BCUT2D eigenvalue weighted by Crippen LogP contribution is 2.23. The second-order valence-electron chi connectivity index (χ2n) is 5.56. The lowest BCUT2D eigenvalue weighted by atomic mass is 10.1. The van der Waals surface area contributed by atoms with Gasteiger partial charge in [-0.05, 0) is 25.6 Å². The molecule has 0 saturated carbocycles. The molecule has 1 saturated heterocycles. The molecule has 0 aromatic carbocycles. The Kier molecular flexibility index (Phi) is 4.20. The predicted molar refractivity (Wildman–Crippen MR) is 83.5 cm³/mol. The number of imidazole rings is 1. The van der Waals surface area contributed by atoms with E-state index in [4.69, 9.17) is 0 Å². The number of nitrogens with one attached hydrogen (secondary N) is 1. The van der Waals surface area contributed by atoms with E-state index in [1.165, 1.54) is 0 Å². The van der Waals surface area contributed by atoms with E-state index in [1.807, 2.05) is 30.2 Å². The van der Waals surface area contributed by atoms with E-state index in [9.17, 15) is 4.79 Å².